The third-order valence-corrected chi connectivity index (χ3v) is 4.63. The van der Waals surface area contributed by atoms with Crippen LogP contribution in [0.4, 0.5) is 0 Å². The highest BCUT2D eigenvalue weighted by atomic mass is 32.1. The van der Waals surface area contributed by atoms with E-state index in [9.17, 15) is 14.7 Å². The summed E-state index contributed by atoms with van der Waals surface area (Å²) in [6, 6.07) is 0.0140. The summed E-state index contributed by atoms with van der Waals surface area (Å²) in [6.45, 7) is 8.94. The molecule has 0 aliphatic heterocycles. The first-order chi connectivity index (χ1) is 11.4. The number of hydrogen-bond acceptors (Lipinski definition) is 7. The SMILES string of the molecule is CCCN([B]C=O)[C@H](C[C@H](O)c1nc(C(=O)OCC)cs1)C(C)C. The Labute approximate surface area is 148 Å². The number of esters is 1. The summed E-state index contributed by atoms with van der Waals surface area (Å²) in [5.74, 6) is -0.221. The third-order valence-electron chi connectivity index (χ3n) is 3.69. The van der Waals surface area contributed by atoms with E-state index in [1.54, 1.807) is 12.3 Å². The van der Waals surface area contributed by atoms with Gasteiger partial charge >= 0.3 is 5.97 Å². The van der Waals surface area contributed by atoms with Gasteiger partial charge in [-0.2, -0.15) is 0 Å². The first-order valence-electron chi connectivity index (χ1n) is 8.29. The Kier molecular flexibility index (Phi) is 9.17. The first kappa shape index (κ1) is 20.8. The van der Waals surface area contributed by atoms with Crippen molar-refractivity contribution in [1.29, 1.82) is 0 Å². The van der Waals surface area contributed by atoms with Gasteiger partial charge < -0.3 is 19.4 Å². The number of aliphatic hydroxyl groups excluding tert-OH is 1. The molecule has 8 heteroatoms. The Morgan fingerprint density at radius 3 is 2.75 bits per heavy atom. The number of ether oxygens (including phenoxy) is 1. The van der Waals surface area contributed by atoms with Gasteiger partial charge in [0.2, 0.25) is 0 Å². The second-order valence-electron chi connectivity index (χ2n) is 5.88. The average Bonchev–Trinajstić information content (AvgIpc) is 3.02. The summed E-state index contributed by atoms with van der Waals surface area (Å²) in [5.41, 5.74) is 0.224. The summed E-state index contributed by atoms with van der Waals surface area (Å²) in [7, 11) is 1.53. The highest BCUT2D eigenvalue weighted by Crippen LogP contribution is 2.27. The summed E-state index contributed by atoms with van der Waals surface area (Å²) in [6.07, 6.45) is 1.34. The number of thiazole rings is 1. The Bertz CT molecular complexity index is 524. The Morgan fingerprint density at radius 2 is 2.21 bits per heavy atom. The standard InChI is InChI=1S/C16H26BN2O4S/c1-5-7-19(17-10-20)13(11(3)4)8-14(21)15-18-12(9-24-15)16(22)23-6-2/h9-11,13-14,21H,5-8H2,1-4H3/t13-,14+/m1/s1. The van der Waals surface area contributed by atoms with Gasteiger partial charge in [-0.1, -0.05) is 20.8 Å². The van der Waals surface area contributed by atoms with Crippen molar-refractivity contribution in [3.63, 3.8) is 0 Å². The van der Waals surface area contributed by atoms with Gasteiger partial charge in [0.15, 0.2) is 5.69 Å². The van der Waals surface area contributed by atoms with Crippen molar-refractivity contribution in [3.05, 3.63) is 16.1 Å². The number of rotatable bonds is 11. The second kappa shape index (κ2) is 10.6. The minimum absolute atomic E-state index is 0.0140. The van der Waals surface area contributed by atoms with Crippen LogP contribution in [0.1, 0.15) is 62.1 Å². The molecule has 0 aliphatic carbocycles. The fourth-order valence-electron chi connectivity index (χ4n) is 2.55. The molecule has 2 atom stereocenters. The van der Waals surface area contributed by atoms with Crippen molar-refractivity contribution in [2.24, 2.45) is 5.92 Å². The van der Waals surface area contributed by atoms with Gasteiger partial charge in [0.05, 0.1) is 12.8 Å². The molecule has 0 fully saturated rings. The number of carbonyl (C=O) groups excluding carboxylic acids is 2. The van der Waals surface area contributed by atoms with Crippen molar-refractivity contribution in [1.82, 2.24) is 9.79 Å². The lowest BCUT2D eigenvalue weighted by molar-refractivity contribution is 0.0519. The predicted molar refractivity (Wildman–Crippen MR) is 95.8 cm³/mol. The van der Waals surface area contributed by atoms with Gasteiger partial charge in [-0.15, -0.1) is 11.3 Å². The summed E-state index contributed by atoms with van der Waals surface area (Å²) >= 11 is 1.24. The molecular weight excluding hydrogens is 327 g/mol. The van der Waals surface area contributed by atoms with Gasteiger partial charge in [0.1, 0.15) is 11.1 Å². The van der Waals surface area contributed by atoms with Crippen LogP contribution >= 0.6 is 11.3 Å². The van der Waals surface area contributed by atoms with Crippen LogP contribution in [0.2, 0.25) is 0 Å². The quantitative estimate of drug-likeness (QED) is 0.374. The zero-order chi connectivity index (χ0) is 18.1. The van der Waals surface area contributed by atoms with Gasteiger partial charge in [0.25, 0.3) is 7.41 Å². The molecule has 0 aliphatic rings. The number of carbonyl (C=O) groups is 2. The minimum Gasteiger partial charge on any atom is -0.461 e. The van der Waals surface area contributed by atoms with Crippen molar-refractivity contribution in [3.8, 4) is 0 Å². The van der Waals surface area contributed by atoms with Crippen LogP contribution in [0.3, 0.4) is 0 Å². The predicted octanol–water partition coefficient (Wildman–Crippen LogP) is 2.29. The van der Waals surface area contributed by atoms with Crippen LogP contribution in [-0.2, 0) is 9.53 Å². The van der Waals surface area contributed by atoms with E-state index in [1.165, 1.54) is 18.8 Å². The Hall–Kier alpha value is -1.25. The zero-order valence-electron chi connectivity index (χ0n) is 14.8. The maximum Gasteiger partial charge on any atom is 0.357 e. The molecule has 0 bridgehead atoms. The van der Waals surface area contributed by atoms with Crippen molar-refractivity contribution in [2.45, 2.75) is 52.7 Å². The van der Waals surface area contributed by atoms with E-state index in [0.29, 0.717) is 11.4 Å². The molecular formula is C16H26BN2O4S. The Balaban J connectivity index is 2.82. The van der Waals surface area contributed by atoms with Gasteiger partial charge in [-0.3, -0.25) is 0 Å². The first-order valence-corrected chi connectivity index (χ1v) is 9.17. The highest BCUT2D eigenvalue weighted by molar-refractivity contribution is 7.09. The van der Waals surface area contributed by atoms with E-state index < -0.39 is 12.1 Å². The molecule has 1 rings (SSSR count). The van der Waals surface area contributed by atoms with Crippen LogP contribution < -0.4 is 0 Å². The van der Waals surface area contributed by atoms with E-state index in [1.807, 2.05) is 11.7 Å². The summed E-state index contributed by atoms with van der Waals surface area (Å²) < 4.78 is 4.91. The number of hydrogen-bond donors (Lipinski definition) is 1. The number of aromatic nitrogens is 1. The van der Waals surface area contributed by atoms with Gasteiger partial charge in [-0.25, -0.2) is 9.78 Å². The lowest BCUT2D eigenvalue weighted by atomic mass is 9.85. The monoisotopic (exact) mass is 353 g/mol. The Morgan fingerprint density at radius 1 is 1.50 bits per heavy atom. The van der Waals surface area contributed by atoms with Gasteiger partial charge in [-0.05, 0) is 32.2 Å². The molecule has 1 radical (unpaired) electrons. The van der Waals surface area contributed by atoms with Crippen LogP contribution in [0.15, 0.2) is 5.38 Å². The molecule has 1 aromatic heterocycles. The highest BCUT2D eigenvalue weighted by Gasteiger charge is 2.27. The molecule has 0 saturated heterocycles. The van der Waals surface area contributed by atoms with E-state index >= 15 is 0 Å². The molecule has 0 spiro atoms. The molecule has 1 heterocycles. The summed E-state index contributed by atoms with van der Waals surface area (Å²) in [5, 5.41) is 12.6. The molecule has 1 aromatic rings. The lowest BCUT2D eigenvalue weighted by Gasteiger charge is -2.34. The van der Waals surface area contributed by atoms with E-state index in [-0.39, 0.29) is 24.3 Å². The smallest absolute Gasteiger partial charge is 0.357 e. The van der Waals surface area contributed by atoms with Crippen molar-refractivity contribution < 1.29 is 19.4 Å². The molecule has 24 heavy (non-hydrogen) atoms. The van der Waals surface area contributed by atoms with E-state index in [0.717, 1.165) is 19.2 Å². The molecule has 0 aromatic carbocycles. The zero-order valence-corrected chi connectivity index (χ0v) is 15.6. The number of nitrogens with zero attached hydrogens (tertiary/aromatic N) is 2. The molecule has 0 saturated carbocycles. The van der Waals surface area contributed by atoms with E-state index in [4.69, 9.17) is 4.74 Å². The summed E-state index contributed by atoms with van der Waals surface area (Å²) in [4.78, 5) is 28.7. The van der Waals surface area contributed by atoms with Crippen LogP contribution in [0, 0.1) is 5.92 Å². The second-order valence-corrected chi connectivity index (χ2v) is 6.77. The van der Waals surface area contributed by atoms with Crippen LogP contribution in [0.25, 0.3) is 0 Å². The maximum atomic E-state index is 11.7. The third kappa shape index (κ3) is 6.00. The topological polar surface area (TPSA) is 79.7 Å². The fraction of sp³-hybridized carbons (Fsp3) is 0.688. The number of aliphatic hydroxyl groups is 1. The van der Waals surface area contributed by atoms with E-state index in [2.05, 4.69) is 18.8 Å². The maximum absolute atomic E-state index is 11.7. The van der Waals surface area contributed by atoms with Crippen LogP contribution in [0.5, 0.6) is 0 Å². The largest absolute Gasteiger partial charge is 0.461 e. The molecule has 133 valence electrons. The molecule has 6 nitrogen and oxygen atoms in total. The van der Waals surface area contributed by atoms with Crippen molar-refractivity contribution in [2.75, 3.05) is 13.2 Å². The fourth-order valence-corrected chi connectivity index (χ4v) is 3.33. The molecule has 0 amide bonds. The lowest BCUT2D eigenvalue weighted by Crippen LogP contribution is -2.43. The average molecular weight is 353 g/mol. The molecule has 1 N–H and O–H groups in total. The van der Waals surface area contributed by atoms with Crippen molar-refractivity contribution >= 4 is 30.9 Å². The van der Waals surface area contributed by atoms with Crippen LogP contribution in [-0.4, -0.2) is 53.7 Å². The van der Waals surface area contributed by atoms with Gasteiger partial charge in [0, 0.05) is 11.4 Å². The normalized spacial score (nSPS) is 13.8. The molecule has 0 unspecified atom stereocenters. The minimum atomic E-state index is -0.787.